The number of halogens is 2. The molecular weight excluding hydrogens is 437 g/mol. The van der Waals surface area contributed by atoms with Gasteiger partial charge in [0.2, 0.25) is 5.82 Å². The lowest BCUT2D eigenvalue weighted by molar-refractivity contribution is -0.385. The van der Waals surface area contributed by atoms with E-state index in [4.69, 9.17) is 4.74 Å². The zero-order valence-corrected chi connectivity index (χ0v) is 17.6. The molecule has 150 valence electrons. The largest absolute Gasteiger partial charge is 0.443 e. The van der Waals surface area contributed by atoms with Crippen LogP contribution in [-0.2, 0) is 11.3 Å². The van der Waals surface area contributed by atoms with E-state index >= 15 is 0 Å². The van der Waals surface area contributed by atoms with Crippen molar-refractivity contribution >= 4 is 33.5 Å². The average molecular weight is 456 g/mol. The molecule has 0 aliphatic heterocycles. The van der Waals surface area contributed by atoms with Crippen LogP contribution in [0.15, 0.2) is 16.7 Å². The van der Waals surface area contributed by atoms with E-state index in [0.717, 1.165) is 4.90 Å². The van der Waals surface area contributed by atoms with Gasteiger partial charge in [-0.1, -0.05) is 0 Å². The summed E-state index contributed by atoms with van der Waals surface area (Å²) >= 11 is 3.11. The second kappa shape index (κ2) is 8.13. The van der Waals surface area contributed by atoms with Gasteiger partial charge in [-0.2, -0.15) is 0 Å². The van der Waals surface area contributed by atoms with Crippen molar-refractivity contribution in [2.45, 2.75) is 46.8 Å². The molecule has 2 aromatic rings. The highest BCUT2D eigenvalue weighted by atomic mass is 79.9. The van der Waals surface area contributed by atoms with E-state index in [1.54, 1.807) is 20.8 Å². The highest BCUT2D eigenvalue weighted by molar-refractivity contribution is 9.10. The molecule has 0 saturated carbocycles. The van der Waals surface area contributed by atoms with Crippen molar-refractivity contribution in [3.8, 4) is 0 Å². The Hall–Kier alpha value is -2.69. The second-order valence-electron chi connectivity index (χ2n) is 6.93. The van der Waals surface area contributed by atoms with Crippen molar-refractivity contribution in [2.24, 2.45) is 0 Å². The van der Waals surface area contributed by atoms with Gasteiger partial charge in [-0.25, -0.2) is 24.1 Å². The van der Waals surface area contributed by atoms with Crippen LogP contribution in [0.4, 0.5) is 20.7 Å². The second-order valence-corrected chi connectivity index (χ2v) is 7.85. The molecule has 0 aliphatic rings. The first-order valence-electron chi connectivity index (χ1n) is 8.19. The summed E-state index contributed by atoms with van der Waals surface area (Å²) < 4.78 is 20.1. The number of nitrogens with zero attached hydrogens (tertiary/aromatic N) is 5. The van der Waals surface area contributed by atoms with Crippen LogP contribution in [0, 0.1) is 29.8 Å². The molecule has 0 spiro atoms. The summed E-state index contributed by atoms with van der Waals surface area (Å²) in [6.45, 7) is 7.49. The van der Waals surface area contributed by atoms with Crippen molar-refractivity contribution < 1.29 is 18.8 Å². The molecule has 0 aromatic carbocycles. The van der Waals surface area contributed by atoms with Crippen LogP contribution >= 0.6 is 15.9 Å². The Morgan fingerprint density at radius 1 is 1.36 bits per heavy atom. The third-order valence-electron chi connectivity index (χ3n) is 3.40. The molecule has 2 aromatic heterocycles. The minimum Gasteiger partial charge on any atom is -0.443 e. The number of rotatable bonds is 4. The van der Waals surface area contributed by atoms with E-state index in [2.05, 4.69) is 30.9 Å². The SMILES string of the molecule is Cc1nc(C)c([N+](=O)[O-])c(N(Cc2ncc(Br)cc2F)C(=O)OC(C)(C)C)n1. The Balaban J connectivity index is 2.62. The summed E-state index contributed by atoms with van der Waals surface area (Å²) in [5, 5.41) is 11.6. The number of aryl methyl sites for hydroxylation is 2. The molecule has 0 radical (unpaired) electrons. The average Bonchev–Trinajstić information content (AvgIpc) is 2.51. The number of amides is 1. The van der Waals surface area contributed by atoms with Crippen LogP contribution in [0.2, 0.25) is 0 Å². The lowest BCUT2D eigenvalue weighted by Gasteiger charge is -2.26. The number of hydrogen-bond acceptors (Lipinski definition) is 7. The number of ether oxygens (including phenoxy) is 1. The third kappa shape index (κ3) is 5.18. The molecule has 0 fully saturated rings. The van der Waals surface area contributed by atoms with Crippen LogP contribution in [0.1, 0.15) is 38.0 Å². The van der Waals surface area contributed by atoms with Crippen LogP contribution in [0.5, 0.6) is 0 Å². The third-order valence-corrected chi connectivity index (χ3v) is 3.83. The van der Waals surface area contributed by atoms with Crippen molar-refractivity contribution in [1.82, 2.24) is 15.0 Å². The number of pyridine rings is 1. The van der Waals surface area contributed by atoms with Gasteiger partial charge in [0, 0.05) is 10.7 Å². The molecule has 2 heterocycles. The highest BCUT2D eigenvalue weighted by Gasteiger charge is 2.33. The van der Waals surface area contributed by atoms with Gasteiger partial charge in [0.15, 0.2) is 0 Å². The summed E-state index contributed by atoms with van der Waals surface area (Å²) in [5.74, 6) is -0.752. The lowest BCUT2D eigenvalue weighted by atomic mass is 10.2. The predicted molar refractivity (Wildman–Crippen MR) is 102 cm³/mol. The van der Waals surface area contributed by atoms with Gasteiger partial charge >= 0.3 is 11.8 Å². The zero-order valence-electron chi connectivity index (χ0n) is 16.0. The van der Waals surface area contributed by atoms with Gasteiger partial charge < -0.3 is 4.74 Å². The van der Waals surface area contributed by atoms with Gasteiger partial charge in [0.05, 0.1) is 17.2 Å². The summed E-state index contributed by atoms with van der Waals surface area (Å²) in [6, 6.07) is 1.18. The molecule has 0 aliphatic carbocycles. The van der Waals surface area contributed by atoms with Crippen molar-refractivity contribution in [1.29, 1.82) is 0 Å². The molecule has 0 N–H and O–H groups in total. The minimum absolute atomic E-state index is 0.0743. The summed E-state index contributed by atoms with van der Waals surface area (Å²) in [7, 11) is 0. The quantitative estimate of drug-likeness (QED) is 0.500. The number of anilines is 1. The molecule has 11 heteroatoms. The van der Waals surface area contributed by atoms with Crippen LogP contribution < -0.4 is 4.90 Å². The smallest absolute Gasteiger partial charge is 0.416 e. The van der Waals surface area contributed by atoms with Crippen molar-refractivity contribution in [3.63, 3.8) is 0 Å². The maximum Gasteiger partial charge on any atom is 0.416 e. The number of carbonyl (C=O) groups is 1. The molecular formula is C17H19BrFN5O4. The van der Waals surface area contributed by atoms with E-state index < -0.39 is 34.7 Å². The van der Waals surface area contributed by atoms with Crippen LogP contribution in [0.3, 0.4) is 0 Å². The van der Waals surface area contributed by atoms with E-state index in [9.17, 15) is 19.3 Å². The first-order valence-corrected chi connectivity index (χ1v) is 8.98. The normalized spacial score (nSPS) is 11.2. The molecule has 9 nitrogen and oxygen atoms in total. The number of hydrogen-bond donors (Lipinski definition) is 0. The fraction of sp³-hybridized carbons (Fsp3) is 0.412. The van der Waals surface area contributed by atoms with Gasteiger partial charge in [0.25, 0.3) is 0 Å². The highest BCUT2D eigenvalue weighted by Crippen LogP contribution is 2.31. The van der Waals surface area contributed by atoms with E-state index in [1.807, 2.05) is 0 Å². The number of carbonyl (C=O) groups excluding carboxylic acids is 1. The Morgan fingerprint density at radius 3 is 2.54 bits per heavy atom. The van der Waals surface area contributed by atoms with E-state index in [-0.39, 0.29) is 23.0 Å². The molecule has 2 rings (SSSR count). The first kappa shape index (κ1) is 21.6. The Bertz CT molecular complexity index is 932. The molecule has 0 saturated heterocycles. The summed E-state index contributed by atoms with van der Waals surface area (Å²) in [4.78, 5) is 36.6. The molecule has 0 atom stereocenters. The van der Waals surface area contributed by atoms with Crippen molar-refractivity contribution in [2.75, 3.05) is 4.90 Å². The Kier molecular flexibility index (Phi) is 6.27. The van der Waals surface area contributed by atoms with Crippen LogP contribution in [-0.4, -0.2) is 31.6 Å². The van der Waals surface area contributed by atoms with Gasteiger partial charge in [-0.05, 0) is 56.6 Å². The fourth-order valence-electron chi connectivity index (χ4n) is 2.34. The maximum absolute atomic E-state index is 14.3. The van der Waals surface area contributed by atoms with Gasteiger partial charge in [-0.15, -0.1) is 0 Å². The maximum atomic E-state index is 14.3. The minimum atomic E-state index is -0.919. The summed E-state index contributed by atoms with van der Waals surface area (Å²) in [6.07, 6.45) is 0.438. The first-order chi connectivity index (χ1) is 12.9. The number of nitro groups is 1. The zero-order chi connectivity index (χ0) is 21.2. The van der Waals surface area contributed by atoms with Gasteiger partial charge in [0.1, 0.15) is 22.9 Å². The Morgan fingerprint density at radius 2 is 2.00 bits per heavy atom. The van der Waals surface area contributed by atoms with E-state index in [0.29, 0.717) is 4.47 Å². The monoisotopic (exact) mass is 455 g/mol. The lowest BCUT2D eigenvalue weighted by Crippen LogP contribution is -2.38. The Labute approximate surface area is 169 Å². The van der Waals surface area contributed by atoms with Crippen molar-refractivity contribution in [3.05, 3.63) is 49.9 Å². The van der Waals surface area contributed by atoms with E-state index in [1.165, 1.54) is 26.1 Å². The molecule has 28 heavy (non-hydrogen) atoms. The predicted octanol–water partition coefficient (Wildman–Crippen LogP) is 4.24. The molecule has 0 bridgehead atoms. The summed E-state index contributed by atoms with van der Waals surface area (Å²) in [5.41, 5.74) is -1.37. The van der Waals surface area contributed by atoms with Gasteiger partial charge in [-0.3, -0.25) is 15.1 Å². The van der Waals surface area contributed by atoms with Crippen LogP contribution in [0.25, 0.3) is 0 Å². The number of aromatic nitrogens is 3. The topological polar surface area (TPSA) is 111 Å². The standard InChI is InChI=1S/C17H19BrFN5O4/c1-9-14(24(26)27)15(22-10(2)21-9)23(16(25)28-17(3,4)5)8-13-12(19)6-11(18)7-20-13/h6-7H,8H2,1-5H3. The fourth-order valence-corrected chi connectivity index (χ4v) is 2.65. The molecule has 0 unspecified atom stereocenters. The molecule has 1 amide bonds.